The molecule has 0 aliphatic heterocycles. The summed E-state index contributed by atoms with van der Waals surface area (Å²) < 4.78 is 0. The van der Waals surface area contributed by atoms with E-state index in [2.05, 4.69) is 10.6 Å². The lowest BCUT2D eigenvalue weighted by molar-refractivity contribution is -0.115. The maximum absolute atomic E-state index is 11.8. The zero-order valence-corrected chi connectivity index (χ0v) is 11.2. The van der Waals surface area contributed by atoms with Gasteiger partial charge in [-0.25, -0.2) is 0 Å². The van der Waals surface area contributed by atoms with Crippen LogP contribution in [0.15, 0.2) is 54.6 Å². The second-order valence-electron chi connectivity index (χ2n) is 4.25. The van der Waals surface area contributed by atoms with E-state index in [1.54, 1.807) is 48.5 Å². The van der Waals surface area contributed by atoms with Gasteiger partial charge >= 0.3 is 0 Å². The maximum Gasteiger partial charge on any atom is 0.251 e. The first-order valence-electron chi connectivity index (χ1n) is 6.33. The number of rotatable bonds is 4. The molecule has 21 heavy (non-hydrogen) atoms. The lowest BCUT2D eigenvalue weighted by Gasteiger charge is -2.08. The third-order valence-corrected chi connectivity index (χ3v) is 2.77. The van der Waals surface area contributed by atoms with E-state index < -0.39 is 0 Å². The van der Waals surface area contributed by atoms with Crippen LogP contribution >= 0.6 is 0 Å². The zero-order chi connectivity index (χ0) is 15.1. The summed E-state index contributed by atoms with van der Waals surface area (Å²) in [6.45, 7) is -0.159. The molecule has 0 heterocycles. The molecule has 0 saturated carbocycles. The van der Waals surface area contributed by atoms with Crippen LogP contribution in [0.25, 0.3) is 0 Å². The Kier molecular flexibility index (Phi) is 4.67. The van der Waals surface area contributed by atoms with Crippen LogP contribution in [0.5, 0.6) is 0 Å². The van der Waals surface area contributed by atoms with Crippen molar-refractivity contribution in [2.75, 3.05) is 11.9 Å². The molecule has 0 saturated heterocycles. The van der Waals surface area contributed by atoms with Crippen LogP contribution in [0.2, 0.25) is 0 Å². The lowest BCUT2D eigenvalue weighted by Crippen LogP contribution is -2.32. The smallest absolute Gasteiger partial charge is 0.251 e. The molecule has 104 valence electrons. The second-order valence-corrected chi connectivity index (χ2v) is 4.25. The van der Waals surface area contributed by atoms with Crippen LogP contribution in [0.3, 0.4) is 0 Å². The van der Waals surface area contributed by atoms with Crippen molar-refractivity contribution >= 4 is 17.5 Å². The second kappa shape index (κ2) is 6.87. The molecular weight excluding hydrogens is 266 g/mol. The van der Waals surface area contributed by atoms with Gasteiger partial charge in [0, 0.05) is 5.56 Å². The van der Waals surface area contributed by atoms with Gasteiger partial charge in [-0.3, -0.25) is 9.59 Å². The van der Waals surface area contributed by atoms with Crippen LogP contribution < -0.4 is 10.6 Å². The predicted octanol–water partition coefficient (Wildman–Crippen LogP) is 1.93. The molecule has 2 N–H and O–H groups in total. The summed E-state index contributed by atoms with van der Waals surface area (Å²) in [7, 11) is 0. The van der Waals surface area contributed by atoms with E-state index in [9.17, 15) is 9.59 Å². The number of carbonyl (C=O) groups is 2. The highest BCUT2D eigenvalue weighted by atomic mass is 16.2. The summed E-state index contributed by atoms with van der Waals surface area (Å²) in [5.41, 5.74) is 1.29. The van der Waals surface area contributed by atoms with Gasteiger partial charge in [0.1, 0.15) is 6.07 Å². The van der Waals surface area contributed by atoms with Crippen LogP contribution in [0, 0.1) is 11.3 Å². The first kappa shape index (κ1) is 14.3. The third kappa shape index (κ3) is 3.91. The highest BCUT2D eigenvalue weighted by Crippen LogP contribution is 2.12. The molecule has 0 fully saturated rings. The van der Waals surface area contributed by atoms with Crippen molar-refractivity contribution in [2.45, 2.75) is 0 Å². The topological polar surface area (TPSA) is 82.0 Å². The fraction of sp³-hybridized carbons (Fsp3) is 0.0625. The molecular formula is C16H13N3O2. The number of nitrogens with one attached hydrogen (secondary N) is 2. The molecule has 2 aromatic rings. The van der Waals surface area contributed by atoms with Crippen LogP contribution in [-0.4, -0.2) is 18.4 Å². The maximum atomic E-state index is 11.8. The number of nitriles is 1. The monoisotopic (exact) mass is 279 g/mol. The zero-order valence-electron chi connectivity index (χ0n) is 11.2. The van der Waals surface area contributed by atoms with Gasteiger partial charge in [0.2, 0.25) is 5.91 Å². The van der Waals surface area contributed by atoms with Gasteiger partial charge in [-0.1, -0.05) is 30.3 Å². The normalized spacial score (nSPS) is 9.48. The van der Waals surface area contributed by atoms with E-state index in [-0.39, 0.29) is 18.4 Å². The number of hydrogen-bond donors (Lipinski definition) is 2. The summed E-state index contributed by atoms with van der Waals surface area (Å²) in [4.78, 5) is 23.6. The number of para-hydroxylation sites is 1. The molecule has 5 heteroatoms. The summed E-state index contributed by atoms with van der Waals surface area (Å²) >= 11 is 0. The average Bonchev–Trinajstić information content (AvgIpc) is 2.54. The van der Waals surface area contributed by atoms with Gasteiger partial charge in [-0.15, -0.1) is 0 Å². The van der Waals surface area contributed by atoms with E-state index in [0.29, 0.717) is 16.8 Å². The Morgan fingerprint density at radius 3 is 2.38 bits per heavy atom. The number of nitrogens with zero attached hydrogens (tertiary/aromatic N) is 1. The molecule has 2 rings (SSSR count). The van der Waals surface area contributed by atoms with E-state index in [1.165, 1.54) is 0 Å². The van der Waals surface area contributed by atoms with E-state index >= 15 is 0 Å². The summed E-state index contributed by atoms with van der Waals surface area (Å²) in [6, 6.07) is 17.3. The quantitative estimate of drug-likeness (QED) is 0.897. The summed E-state index contributed by atoms with van der Waals surface area (Å²) in [5, 5.41) is 14.0. The highest BCUT2D eigenvalue weighted by Gasteiger charge is 2.09. The van der Waals surface area contributed by atoms with E-state index in [0.717, 1.165) is 0 Å². The van der Waals surface area contributed by atoms with Gasteiger partial charge in [0.25, 0.3) is 5.91 Å². The van der Waals surface area contributed by atoms with Gasteiger partial charge in [0.15, 0.2) is 0 Å². The number of amides is 2. The molecule has 0 atom stereocenters. The Balaban J connectivity index is 1.91. The Hall–Kier alpha value is -3.13. The fourth-order valence-corrected chi connectivity index (χ4v) is 1.74. The van der Waals surface area contributed by atoms with Crippen molar-refractivity contribution in [3.63, 3.8) is 0 Å². The largest absolute Gasteiger partial charge is 0.343 e. The van der Waals surface area contributed by atoms with Crippen LogP contribution in [-0.2, 0) is 4.79 Å². The van der Waals surface area contributed by atoms with Crippen LogP contribution in [0.1, 0.15) is 15.9 Å². The molecule has 5 nitrogen and oxygen atoms in total. The van der Waals surface area contributed by atoms with Gasteiger partial charge in [-0.2, -0.15) is 5.26 Å². The molecule has 0 unspecified atom stereocenters. The van der Waals surface area contributed by atoms with Crippen molar-refractivity contribution in [3.05, 3.63) is 65.7 Å². The van der Waals surface area contributed by atoms with Crippen LogP contribution in [0.4, 0.5) is 5.69 Å². The number of hydrogen-bond acceptors (Lipinski definition) is 3. The fourth-order valence-electron chi connectivity index (χ4n) is 1.74. The SMILES string of the molecule is N#Cc1ccccc1NC(=O)CNC(=O)c1ccccc1. The molecule has 0 radical (unpaired) electrons. The number of benzene rings is 2. The van der Waals surface area contributed by atoms with Crippen molar-refractivity contribution in [2.24, 2.45) is 0 Å². The Morgan fingerprint density at radius 2 is 1.67 bits per heavy atom. The number of carbonyl (C=O) groups excluding carboxylic acids is 2. The minimum absolute atomic E-state index is 0.159. The molecule has 0 aliphatic rings. The third-order valence-electron chi connectivity index (χ3n) is 2.77. The molecule has 2 amide bonds. The van der Waals surface area contributed by atoms with Gasteiger partial charge in [0.05, 0.1) is 17.8 Å². The Morgan fingerprint density at radius 1 is 1.00 bits per heavy atom. The first-order valence-corrected chi connectivity index (χ1v) is 6.33. The van der Waals surface area contributed by atoms with Gasteiger partial charge in [-0.05, 0) is 24.3 Å². The highest BCUT2D eigenvalue weighted by molar-refractivity contribution is 5.99. The first-order chi connectivity index (χ1) is 10.2. The minimum atomic E-state index is -0.387. The molecule has 0 aromatic heterocycles. The molecule has 0 spiro atoms. The summed E-state index contributed by atoms with van der Waals surface area (Å²) in [5.74, 6) is -0.707. The van der Waals surface area contributed by atoms with Crippen molar-refractivity contribution in [1.82, 2.24) is 5.32 Å². The van der Waals surface area contributed by atoms with Crippen molar-refractivity contribution in [1.29, 1.82) is 5.26 Å². The predicted molar refractivity (Wildman–Crippen MR) is 78.6 cm³/mol. The summed E-state index contributed by atoms with van der Waals surface area (Å²) in [6.07, 6.45) is 0. The Labute approximate surface area is 122 Å². The lowest BCUT2D eigenvalue weighted by atomic mass is 10.2. The van der Waals surface area contributed by atoms with E-state index in [4.69, 9.17) is 5.26 Å². The molecule has 0 bridgehead atoms. The van der Waals surface area contributed by atoms with E-state index in [1.807, 2.05) is 12.1 Å². The minimum Gasteiger partial charge on any atom is -0.343 e. The molecule has 2 aromatic carbocycles. The van der Waals surface area contributed by atoms with Crippen molar-refractivity contribution < 1.29 is 9.59 Å². The Bertz CT molecular complexity index is 690. The molecule has 0 aliphatic carbocycles. The van der Waals surface area contributed by atoms with Crippen molar-refractivity contribution in [3.8, 4) is 6.07 Å². The van der Waals surface area contributed by atoms with Gasteiger partial charge < -0.3 is 10.6 Å². The number of anilines is 1. The standard InChI is InChI=1S/C16H13N3O2/c17-10-13-8-4-5-9-14(13)19-15(20)11-18-16(21)12-6-2-1-3-7-12/h1-9H,11H2,(H,18,21)(H,19,20). The average molecular weight is 279 g/mol.